The second-order valence-corrected chi connectivity index (χ2v) is 5.61. The number of nitrogens with two attached hydrogens (primary N) is 1. The highest BCUT2D eigenvalue weighted by Gasteiger charge is 2.21. The molecule has 0 bridgehead atoms. The van der Waals surface area contributed by atoms with E-state index in [-0.39, 0.29) is 11.9 Å². The molecule has 4 heteroatoms. The third-order valence-corrected chi connectivity index (χ3v) is 3.50. The number of carbonyl (C=O) groups is 1. The van der Waals surface area contributed by atoms with Gasteiger partial charge in [-0.3, -0.25) is 4.79 Å². The van der Waals surface area contributed by atoms with E-state index in [0.717, 1.165) is 19.5 Å². The van der Waals surface area contributed by atoms with Crippen molar-refractivity contribution in [2.45, 2.75) is 51.6 Å². The van der Waals surface area contributed by atoms with Gasteiger partial charge in [0.05, 0.1) is 6.04 Å². The minimum Gasteiger partial charge on any atom is -0.353 e. The first-order valence-corrected chi connectivity index (χ1v) is 6.74. The number of likely N-dealkylation sites (N-methyl/N-ethyl adjacent to an activating group) is 1. The van der Waals surface area contributed by atoms with Crippen molar-refractivity contribution in [2.24, 2.45) is 11.7 Å². The van der Waals surface area contributed by atoms with Gasteiger partial charge in [0.2, 0.25) is 5.91 Å². The highest BCUT2D eigenvalue weighted by atomic mass is 16.2. The lowest BCUT2D eigenvalue weighted by Crippen LogP contribution is -2.48. The Morgan fingerprint density at radius 1 is 1.47 bits per heavy atom. The van der Waals surface area contributed by atoms with Crippen LogP contribution in [0.25, 0.3) is 0 Å². The summed E-state index contributed by atoms with van der Waals surface area (Å²) in [5.41, 5.74) is 5.84. The Morgan fingerprint density at radius 2 is 2.18 bits per heavy atom. The number of hydrogen-bond acceptors (Lipinski definition) is 3. The lowest BCUT2D eigenvalue weighted by Gasteiger charge is -2.32. The van der Waals surface area contributed by atoms with E-state index in [0.29, 0.717) is 12.0 Å². The fraction of sp³-hybridized carbons (Fsp3) is 0.923. The standard InChI is InChI=1S/C13H27N3O/c1-10(2)8-12(14)13(17)15-9-11-6-4-5-7-16(11)3/h10-12H,4-9,14H2,1-3H3,(H,15,17)/t11?,12-/m1/s1. The maximum absolute atomic E-state index is 11.8. The second kappa shape index (κ2) is 6.97. The third-order valence-electron chi connectivity index (χ3n) is 3.50. The van der Waals surface area contributed by atoms with Crippen molar-refractivity contribution in [3.63, 3.8) is 0 Å². The van der Waals surface area contributed by atoms with Crippen molar-refractivity contribution in [3.8, 4) is 0 Å². The molecule has 0 aromatic heterocycles. The second-order valence-electron chi connectivity index (χ2n) is 5.61. The fourth-order valence-electron chi connectivity index (χ4n) is 2.37. The van der Waals surface area contributed by atoms with E-state index in [1.54, 1.807) is 0 Å². The number of amides is 1. The molecule has 3 N–H and O–H groups in total. The number of nitrogens with one attached hydrogen (secondary N) is 1. The zero-order chi connectivity index (χ0) is 12.8. The zero-order valence-electron chi connectivity index (χ0n) is 11.4. The van der Waals surface area contributed by atoms with Gasteiger partial charge in [-0.25, -0.2) is 0 Å². The maximum atomic E-state index is 11.8. The third kappa shape index (κ3) is 5.04. The van der Waals surface area contributed by atoms with Crippen molar-refractivity contribution >= 4 is 5.91 Å². The predicted molar refractivity (Wildman–Crippen MR) is 70.7 cm³/mol. The highest BCUT2D eigenvalue weighted by Crippen LogP contribution is 2.14. The van der Waals surface area contributed by atoms with Crippen molar-refractivity contribution < 1.29 is 4.79 Å². The minimum atomic E-state index is -0.358. The molecular formula is C13H27N3O. The van der Waals surface area contributed by atoms with E-state index in [9.17, 15) is 4.79 Å². The van der Waals surface area contributed by atoms with Gasteiger partial charge >= 0.3 is 0 Å². The summed E-state index contributed by atoms with van der Waals surface area (Å²) in [5.74, 6) is 0.464. The number of rotatable bonds is 5. The van der Waals surface area contributed by atoms with Gasteiger partial charge in [-0.1, -0.05) is 20.3 Å². The van der Waals surface area contributed by atoms with E-state index in [2.05, 4.69) is 31.1 Å². The zero-order valence-corrected chi connectivity index (χ0v) is 11.4. The van der Waals surface area contributed by atoms with Crippen LogP contribution in [0.3, 0.4) is 0 Å². The first kappa shape index (κ1) is 14.5. The van der Waals surface area contributed by atoms with Crippen molar-refractivity contribution in [2.75, 3.05) is 20.1 Å². The molecule has 0 aromatic rings. The van der Waals surface area contributed by atoms with Crippen LogP contribution >= 0.6 is 0 Å². The molecule has 0 saturated carbocycles. The molecule has 1 heterocycles. The normalized spacial score (nSPS) is 23.7. The van der Waals surface area contributed by atoms with E-state index in [4.69, 9.17) is 5.73 Å². The molecule has 100 valence electrons. The molecule has 0 radical (unpaired) electrons. The fourth-order valence-corrected chi connectivity index (χ4v) is 2.37. The number of likely N-dealkylation sites (tertiary alicyclic amines) is 1. The summed E-state index contributed by atoms with van der Waals surface area (Å²) in [4.78, 5) is 14.1. The molecular weight excluding hydrogens is 214 g/mol. The number of carbonyl (C=O) groups excluding carboxylic acids is 1. The van der Waals surface area contributed by atoms with Gasteiger partial charge in [0, 0.05) is 12.6 Å². The average Bonchev–Trinajstić information content (AvgIpc) is 2.26. The monoisotopic (exact) mass is 241 g/mol. The summed E-state index contributed by atoms with van der Waals surface area (Å²) in [7, 11) is 2.13. The summed E-state index contributed by atoms with van der Waals surface area (Å²) >= 11 is 0. The number of nitrogens with zero attached hydrogens (tertiary/aromatic N) is 1. The number of piperidine rings is 1. The van der Waals surface area contributed by atoms with Gasteiger partial charge in [-0.05, 0) is 38.8 Å². The molecule has 0 spiro atoms. The van der Waals surface area contributed by atoms with Gasteiger partial charge in [-0.15, -0.1) is 0 Å². The van der Waals surface area contributed by atoms with Crippen LogP contribution in [0.1, 0.15) is 39.5 Å². The van der Waals surface area contributed by atoms with Gasteiger partial charge in [-0.2, -0.15) is 0 Å². The molecule has 1 saturated heterocycles. The van der Waals surface area contributed by atoms with Crippen molar-refractivity contribution in [1.82, 2.24) is 10.2 Å². The Balaban J connectivity index is 2.26. The van der Waals surface area contributed by atoms with Gasteiger partial charge in [0.1, 0.15) is 0 Å². The first-order chi connectivity index (χ1) is 8.00. The Morgan fingerprint density at radius 3 is 2.76 bits per heavy atom. The van der Waals surface area contributed by atoms with Crippen LogP contribution in [0.4, 0.5) is 0 Å². The van der Waals surface area contributed by atoms with E-state index >= 15 is 0 Å². The molecule has 1 amide bonds. The average molecular weight is 241 g/mol. The van der Waals surface area contributed by atoms with Gasteiger partial charge < -0.3 is 16.0 Å². The van der Waals surface area contributed by atoms with Crippen LogP contribution < -0.4 is 11.1 Å². The van der Waals surface area contributed by atoms with Crippen LogP contribution in [0.2, 0.25) is 0 Å². The van der Waals surface area contributed by atoms with E-state index in [1.807, 2.05) is 0 Å². The molecule has 0 aromatic carbocycles. The van der Waals surface area contributed by atoms with Crippen LogP contribution in [0, 0.1) is 5.92 Å². The Bertz CT molecular complexity index is 243. The quantitative estimate of drug-likeness (QED) is 0.754. The molecule has 4 nitrogen and oxygen atoms in total. The van der Waals surface area contributed by atoms with Crippen LogP contribution in [-0.2, 0) is 4.79 Å². The first-order valence-electron chi connectivity index (χ1n) is 6.74. The van der Waals surface area contributed by atoms with Crippen LogP contribution in [0.5, 0.6) is 0 Å². The molecule has 1 aliphatic heterocycles. The Kier molecular flexibility index (Phi) is 5.92. The lowest BCUT2D eigenvalue weighted by atomic mass is 10.0. The van der Waals surface area contributed by atoms with Crippen molar-refractivity contribution in [1.29, 1.82) is 0 Å². The molecule has 1 unspecified atom stereocenters. The maximum Gasteiger partial charge on any atom is 0.236 e. The summed E-state index contributed by atoms with van der Waals surface area (Å²) < 4.78 is 0. The Labute approximate surface area is 105 Å². The molecule has 1 aliphatic rings. The highest BCUT2D eigenvalue weighted by molar-refractivity contribution is 5.81. The molecule has 1 fully saturated rings. The SMILES string of the molecule is CC(C)C[C@@H](N)C(=O)NCC1CCCCN1C. The summed E-state index contributed by atoms with van der Waals surface area (Å²) in [6.45, 7) is 6.05. The van der Waals surface area contributed by atoms with Gasteiger partial charge in [0.25, 0.3) is 0 Å². The van der Waals surface area contributed by atoms with Gasteiger partial charge in [0.15, 0.2) is 0 Å². The summed E-state index contributed by atoms with van der Waals surface area (Å²) in [6.07, 6.45) is 4.47. The van der Waals surface area contributed by atoms with Crippen LogP contribution in [0.15, 0.2) is 0 Å². The van der Waals surface area contributed by atoms with Crippen LogP contribution in [-0.4, -0.2) is 43.0 Å². The largest absolute Gasteiger partial charge is 0.353 e. The molecule has 17 heavy (non-hydrogen) atoms. The topological polar surface area (TPSA) is 58.4 Å². The van der Waals surface area contributed by atoms with E-state index < -0.39 is 0 Å². The Hall–Kier alpha value is -0.610. The molecule has 0 aliphatic carbocycles. The smallest absolute Gasteiger partial charge is 0.236 e. The minimum absolute atomic E-state index is 0.00215. The molecule has 1 rings (SSSR count). The summed E-state index contributed by atoms with van der Waals surface area (Å²) in [5, 5.41) is 2.98. The molecule has 2 atom stereocenters. The number of hydrogen-bond donors (Lipinski definition) is 2. The van der Waals surface area contributed by atoms with Crippen molar-refractivity contribution in [3.05, 3.63) is 0 Å². The lowest BCUT2D eigenvalue weighted by molar-refractivity contribution is -0.123. The summed E-state index contributed by atoms with van der Waals surface area (Å²) in [6, 6.07) is 0.128. The predicted octanol–water partition coefficient (Wildman–Crippen LogP) is 0.960. The van der Waals surface area contributed by atoms with E-state index in [1.165, 1.54) is 19.3 Å².